The molecule has 3 rings (SSSR count). The predicted molar refractivity (Wildman–Crippen MR) is 138 cm³/mol. The van der Waals surface area contributed by atoms with E-state index in [1.54, 1.807) is 25.1 Å². The molecule has 0 aliphatic rings. The molecular weight excluding hydrogens is 462 g/mol. The lowest BCUT2D eigenvalue weighted by molar-refractivity contribution is -0.139. The van der Waals surface area contributed by atoms with E-state index in [4.69, 9.17) is 0 Å². The molecule has 3 aromatic rings. The van der Waals surface area contributed by atoms with Gasteiger partial charge in [-0.05, 0) is 48.2 Å². The molecule has 8 heteroatoms. The molecule has 0 fully saturated rings. The third-order valence-electron chi connectivity index (χ3n) is 5.99. The van der Waals surface area contributed by atoms with Gasteiger partial charge in [-0.25, -0.2) is 8.42 Å². The van der Waals surface area contributed by atoms with Gasteiger partial charge in [0.05, 0.1) is 11.4 Å². The highest BCUT2D eigenvalue weighted by Crippen LogP contribution is 2.21. The number of amides is 2. The van der Waals surface area contributed by atoms with Gasteiger partial charge in [-0.2, -0.15) is 4.31 Å². The summed E-state index contributed by atoms with van der Waals surface area (Å²) in [4.78, 5) is 27.6. The Labute approximate surface area is 207 Å². The number of carbonyl (C=O) groups is 2. The van der Waals surface area contributed by atoms with E-state index in [-0.39, 0.29) is 17.3 Å². The molecule has 3 aromatic carbocycles. The fourth-order valence-corrected chi connectivity index (χ4v) is 5.00. The zero-order valence-corrected chi connectivity index (χ0v) is 21.3. The fraction of sp³-hybridized carbons (Fsp3) is 0.333. The number of rotatable bonds is 11. The van der Waals surface area contributed by atoms with Crippen molar-refractivity contribution in [1.29, 1.82) is 0 Å². The predicted octanol–water partition coefficient (Wildman–Crippen LogP) is 3.45. The Bertz CT molecular complexity index is 1260. The SMILES string of the molecule is CCCNC(=O)[C@H](C)N(CCc1ccccc1)C(=O)CN(C)S(=O)(=O)c1ccc2ccccc2c1. The lowest BCUT2D eigenvalue weighted by Gasteiger charge is -2.30. The largest absolute Gasteiger partial charge is 0.354 e. The molecule has 1 N–H and O–H groups in total. The summed E-state index contributed by atoms with van der Waals surface area (Å²) < 4.78 is 27.5. The second kappa shape index (κ2) is 12.0. The van der Waals surface area contributed by atoms with Crippen molar-refractivity contribution in [2.24, 2.45) is 0 Å². The molecule has 186 valence electrons. The Morgan fingerprint density at radius 1 is 0.943 bits per heavy atom. The van der Waals surface area contributed by atoms with E-state index >= 15 is 0 Å². The van der Waals surface area contributed by atoms with Crippen LogP contribution in [0.1, 0.15) is 25.8 Å². The normalized spacial score (nSPS) is 12.5. The number of fused-ring (bicyclic) bond motifs is 1. The van der Waals surface area contributed by atoms with Gasteiger partial charge in [-0.15, -0.1) is 0 Å². The summed E-state index contributed by atoms with van der Waals surface area (Å²) >= 11 is 0. The highest BCUT2D eigenvalue weighted by Gasteiger charge is 2.30. The molecule has 2 amide bonds. The van der Waals surface area contributed by atoms with Crippen LogP contribution in [0.15, 0.2) is 77.7 Å². The minimum absolute atomic E-state index is 0.121. The third-order valence-corrected chi connectivity index (χ3v) is 7.79. The number of hydrogen-bond acceptors (Lipinski definition) is 4. The molecule has 0 saturated heterocycles. The number of hydrogen-bond donors (Lipinski definition) is 1. The summed E-state index contributed by atoms with van der Waals surface area (Å²) in [6.45, 7) is 4.07. The molecule has 0 bridgehead atoms. The Morgan fingerprint density at radius 3 is 2.29 bits per heavy atom. The van der Waals surface area contributed by atoms with Gasteiger partial charge >= 0.3 is 0 Å². The van der Waals surface area contributed by atoms with Crippen molar-refractivity contribution >= 4 is 32.6 Å². The first-order chi connectivity index (χ1) is 16.7. The lowest BCUT2D eigenvalue weighted by atomic mass is 10.1. The molecule has 0 saturated carbocycles. The standard InChI is InChI=1S/C27H33N3O4S/c1-4-17-28-27(32)21(2)30(18-16-22-10-6-5-7-11-22)26(31)20-29(3)35(33,34)25-15-14-23-12-8-9-13-24(23)19-25/h5-15,19,21H,4,16-18,20H2,1-3H3,(H,28,32)/t21-/m0/s1. The van der Waals surface area contributed by atoms with Crippen molar-refractivity contribution in [2.75, 3.05) is 26.7 Å². The average Bonchev–Trinajstić information content (AvgIpc) is 2.87. The van der Waals surface area contributed by atoms with E-state index in [1.807, 2.05) is 61.5 Å². The summed E-state index contributed by atoms with van der Waals surface area (Å²) in [5.41, 5.74) is 1.03. The van der Waals surface area contributed by atoms with Crippen molar-refractivity contribution in [3.63, 3.8) is 0 Å². The van der Waals surface area contributed by atoms with Gasteiger partial charge in [0, 0.05) is 20.1 Å². The Morgan fingerprint density at radius 2 is 1.60 bits per heavy atom. The molecule has 0 unspecified atom stereocenters. The second-order valence-electron chi connectivity index (χ2n) is 8.56. The number of nitrogens with one attached hydrogen (secondary N) is 1. The lowest BCUT2D eigenvalue weighted by Crippen LogP contribution is -2.51. The summed E-state index contributed by atoms with van der Waals surface area (Å²) in [5, 5.41) is 4.57. The molecule has 7 nitrogen and oxygen atoms in total. The van der Waals surface area contributed by atoms with Crippen molar-refractivity contribution in [3.05, 3.63) is 78.4 Å². The number of nitrogens with zero attached hydrogens (tertiary/aromatic N) is 2. The van der Waals surface area contributed by atoms with Crippen LogP contribution in [0.25, 0.3) is 10.8 Å². The Hall–Kier alpha value is -3.23. The number of carbonyl (C=O) groups excluding carboxylic acids is 2. The van der Waals surface area contributed by atoms with Gasteiger partial charge in [0.1, 0.15) is 6.04 Å². The summed E-state index contributed by atoms with van der Waals surface area (Å²) in [7, 11) is -2.51. The van der Waals surface area contributed by atoms with Crippen LogP contribution in [0.3, 0.4) is 0 Å². The van der Waals surface area contributed by atoms with Gasteiger partial charge in [-0.1, -0.05) is 67.6 Å². The van der Waals surface area contributed by atoms with E-state index in [2.05, 4.69) is 5.32 Å². The van der Waals surface area contributed by atoms with Crippen LogP contribution in [0.2, 0.25) is 0 Å². The molecule has 0 heterocycles. The van der Waals surface area contributed by atoms with Crippen LogP contribution in [-0.2, 0) is 26.0 Å². The van der Waals surface area contributed by atoms with Crippen molar-refractivity contribution in [2.45, 2.75) is 37.6 Å². The molecule has 0 aliphatic carbocycles. The van der Waals surface area contributed by atoms with E-state index in [1.165, 1.54) is 11.9 Å². The van der Waals surface area contributed by atoms with Gasteiger partial charge in [0.2, 0.25) is 21.8 Å². The van der Waals surface area contributed by atoms with Crippen LogP contribution in [-0.4, -0.2) is 62.2 Å². The Balaban J connectivity index is 1.78. The maximum Gasteiger partial charge on any atom is 0.243 e. The average molecular weight is 496 g/mol. The van der Waals surface area contributed by atoms with Crippen LogP contribution in [0.5, 0.6) is 0 Å². The first kappa shape index (κ1) is 26.4. The minimum Gasteiger partial charge on any atom is -0.354 e. The first-order valence-corrected chi connectivity index (χ1v) is 13.2. The van der Waals surface area contributed by atoms with E-state index < -0.39 is 22.0 Å². The van der Waals surface area contributed by atoms with Gasteiger partial charge in [0.25, 0.3) is 0 Å². The second-order valence-corrected chi connectivity index (χ2v) is 10.6. The van der Waals surface area contributed by atoms with Crippen LogP contribution in [0.4, 0.5) is 0 Å². The molecule has 1 atom stereocenters. The molecule has 0 aliphatic heterocycles. The highest BCUT2D eigenvalue weighted by atomic mass is 32.2. The van der Waals surface area contributed by atoms with Crippen molar-refractivity contribution < 1.29 is 18.0 Å². The summed E-state index contributed by atoms with van der Waals surface area (Å²) in [5.74, 6) is -0.680. The summed E-state index contributed by atoms with van der Waals surface area (Å²) in [6, 6.07) is 21.4. The minimum atomic E-state index is -3.90. The maximum atomic E-state index is 13.3. The fourth-order valence-electron chi connectivity index (χ4n) is 3.84. The molecule has 0 spiro atoms. The maximum absolute atomic E-state index is 13.3. The van der Waals surface area contributed by atoms with Crippen molar-refractivity contribution in [1.82, 2.24) is 14.5 Å². The highest BCUT2D eigenvalue weighted by molar-refractivity contribution is 7.89. The van der Waals surface area contributed by atoms with Gasteiger partial charge < -0.3 is 10.2 Å². The van der Waals surface area contributed by atoms with E-state index in [0.29, 0.717) is 19.5 Å². The van der Waals surface area contributed by atoms with Crippen LogP contribution >= 0.6 is 0 Å². The smallest absolute Gasteiger partial charge is 0.243 e. The molecule has 0 radical (unpaired) electrons. The van der Waals surface area contributed by atoms with Gasteiger partial charge in [-0.3, -0.25) is 9.59 Å². The van der Waals surface area contributed by atoms with Crippen LogP contribution < -0.4 is 5.32 Å². The first-order valence-electron chi connectivity index (χ1n) is 11.8. The summed E-state index contributed by atoms with van der Waals surface area (Å²) in [6.07, 6.45) is 1.34. The molecule has 0 aromatic heterocycles. The zero-order valence-electron chi connectivity index (χ0n) is 20.5. The van der Waals surface area contributed by atoms with Crippen molar-refractivity contribution in [3.8, 4) is 0 Å². The van der Waals surface area contributed by atoms with E-state index in [0.717, 1.165) is 27.1 Å². The zero-order chi connectivity index (χ0) is 25.4. The Kier molecular flexibility index (Phi) is 9.01. The molecular formula is C27H33N3O4S. The van der Waals surface area contributed by atoms with Crippen LogP contribution in [0, 0.1) is 0 Å². The number of likely N-dealkylation sites (N-methyl/N-ethyl adjacent to an activating group) is 1. The number of sulfonamides is 1. The third kappa shape index (κ3) is 6.68. The number of benzene rings is 3. The van der Waals surface area contributed by atoms with Gasteiger partial charge in [0.15, 0.2) is 0 Å². The monoisotopic (exact) mass is 495 g/mol. The topological polar surface area (TPSA) is 86.8 Å². The molecule has 35 heavy (non-hydrogen) atoms. The van der Waals surface area contributed by atoms with E-state index in [9.17, 15) is 18.0 Å². The quantitative estimate of drug-likeness (QED) is 0.442.